The molecule has 0 bridgehead atoms. The molecule has 0 aliphatic heterocycles. The Labute approximate surface area is 197 Å². The van der Waals surface area contributed by atoms with E-state index in [1.54, 1.807) is 18.6 Å². The van der Waals surface area contributed by atoms with Gasteiger partial charge in [-0.1, -0.05) is 66.7 Å². The third-order valence-electron chi connectivity index (χ3n) is 5.42. The number of aromatic nitrogens is 5. The summed E-state index contributed by atoms with van der Waals surface area (Å²) in [6.07, 6.45) is 6.38. The molecule has 0 saturated heterocycles. The van der Waals surface area contributed by atoms with Gasteiger partial charge < -0.3 is 0 Å². The number of nitrogens with zero attached hydrogens (tertiary/aromatic N) is 6. The molecule has 0 saturated carbocycles. The molecule has 0 fully saturated rings. The Bertz CT molecular complexity index is 1710. The smallest absolute Gasteiger partial charge is 0.266 e. The van der Waals surface area contributed by atoms with E-state index < -0.39 is 0 Å². The van der Waals surface area contributed by atoms with Crippen molar-refractivity contribution >= 4 is 38.0 Å². The highest BCUT2D eigenvalue weighted by Gasteiger charge is 2.21. The second-order valence-corrected chi connectivity index (χ2v) is 8.54. The van der Waals surface area contributed by atoms with Crippen LogP contribution in [0.15, 0.2) is 101 Å². The van der Waals surface area contributed by atoms with E-state index >= 15 is 0 Å². The minimum Gasteiger partial charge on any atom is -0.266 e. The molecule has 6 aromatic rings. The lowest BCUT2D eigenvalue weighted by Crippen LogP contribution is -2.15. The number of thiophene rings is 1. The van der Waals surface area contributed by atoms with E-state index in [1.165, 1.54) is 22.3 Å². The fraction of sp³-hybridized carbons (Fsp3) is 0. The lowest BCUT2D eigenvalue weighted by Gasteiger charge is -2.10. The van der Waals surface area contributed by atoms with Crippen LogP contribution in [0.2, 0.25) is 0 Å². The minimum atomic E-state index is -0.256. The van der Waals surface area contributed by atoms with E-state index in [9.17, 15) is 4.79 Å². The van der Waals surface area contributed by atoms with Crippen molar-refractivity contribution in [2.45, 2.75) is 0 Å². The Hall–Kier alpha value is -4.56. The zero-order valence-electron chi connectivity index (χ0n) is 17.7. The van der Waals surface area contributed by atoms with Crippen molar-refractivity contribution in [3.05, 3.63) is 107 Å². The second-order valence-electron chi connectivity index (χ2n) is 7.54. The molecular formula is C26H16N6OS. The van der Waals surface area contributed by atoms with Gasteiger partial charge in [0.15, 0.2) is 0 Å². The molecule has 0 aliphatic rings. The highest BCUT2D eigenvalue weighted by atomic mass is 32.1. The predicted octanol–water partition coefficient (Wildman–Crippen LogP) is 5.01. The summed E-state index contributed by atoms with van der Waals surface area (Å²) < 4.78 is 1.72. The van der Waals surface area contributed by atoms with Crippen LogP contribution in [0.5, 0.6) is 0 Å². The van der Waals surface area contributed by atoms with Crippen molar-refractivity contribution in [3.63, 3.8) is 0 Å². The third kappa shape index (κ3) is 3.46. The van der Waals surface area contributed by atoms with Gasteiger partial charge in [-0.05, 0) is 11.6 Å². The van der Waals surface area contributed by atoms with Crippen LogP contribution in [0.25, 0.3) is 42.8 Å². The van der Waals surface area contributed by atoms with E-state index in [4.69, 9.17) is 0 Å². The normalized spacial score (nSPS) is 11.5. The van der Waals surface area contributed by atoms with Crippen molar-refractivity contribution in [2.75, 3.05) is 0 Å². The summed E-state index contributed by atoms with van der Waals surface area (Å²) in [5, 5.41) is 14.2. The standard InChI is InChI=1S/C26H16N6OS/c33-26-24-23(28-16-32(26)29-15-17-8-7-13-27-14-17)21-20(18-9-3-1-4-10-18)22(30-31-25(21)34-24)19-11-5-2-6-12-19/h1-16H/b29-15+. The van der Waals surface area contributed by atoms with Gasteiger partial charge in [-0.25, -0.2) is 4.98 Å². The van der Waals surface area contributed by atoms with Crippen LogP contribution >= 0.6 is 11.3 Å². The summed E-state index contributed by atoms with van der Waals surface area (Å²) in [7, 11) is 0. The molecule has 0 spiro atoms. The topological polar surface area (TPSA) is 85.9 Å². The first-order valence-corrected chi connectivity index (χ1v) is 11.4. The van der Waals surface area contributed by atoms with Gasteiger partial charge in [-0.3, -0.25) is 9.78 Å². The molecule has 7 nitrogen and oxygen atoms in total. The summed E-state index contributed by atoms with van der Waals surface area (Å²) in [6.45, 7) is 0. The Morgan fingerprint density at radius 2 is 1.65 bits per heavy atom. The SMILES string of the molecule is O=c1c2sc3nnc(-c4ccccc4)c(-c4ccccc4)c3c2ncn1/N=C/c1cccnc1. The van der Waals surface area contributed by atoms with E-state index in [1.807, 2.05) is 72.8 Å². The summed E-state index contributed by atoms with van der Waals surface area (Å²) >= 11 is 1.28. The second kappa shape index (κ2) is 8.42. The van der Waals surface area contributed by atoms with Crippen LogP contribution in [0.4, 0.5) is 0 Å². The van der Waals surface area contributed by atoms with Gasteiger partial charge >= 0.3 is 0 Å². The number of rotatable bonds is 4. The largest absolute Gasteiger partial charge is 0.291 e. The first-order valence-electron chi connectivity index (χ1n) is 10.6. The maximum Gasteiger partial charge on any atom is 0.291 e. The molecule has 6 rings (SSSR count). The number of pyridine rings is 1. The van der Waals surface area contributed by atoms with Crippen LogP contribution in [-0.2, 0) is 0 Å². The summed E-state index contributed by atoms with van der Waals surface area (Å²) in [5.41, 5.74) is 4.73. The zero-order chi connectivity index (χ0) is 22.9. The molecule has 4 aromatic heterocycles. The number of hydrogen-bond donors (Lipinski definition) is 0. The summed E-state index contributed by atoms with van der Waals surface area (Å²) in [4.78, 5) is 22.6. The minimum absolute atomic E-state index is 0.256. The average molecular weight is 461 g/mol. The zero-order valence-corrected chi connectivity index (χ0v) is 18.6. The van der Waals surface area contributed by atoms with Crippen molar-refractivity contribution in [1.82, 2.24) is 24.8 Å². The van der Waals surface area contributed by atoms with Crippen LogP contribution in [0, 0.1) is 0 Å². The van der Waals surface area contributed by atoms with Gasteiger partial charge in [0.05, 0.1) is 11.7 Å². The Kier molecular flexibility index (Phi) is 4.97. The Balaban J connectivity index is 1.61. The van der Waals surface area contributed by atoms with Crippen LogP contribution in [-0.4, -0.2) is 31.1 Å². The summed E-state index contributed by atoms with van der Waals surface area (Å²) in [6, 6.07) is 23.6. The van der Waals surface area contributed by atoms with Gasteiger partial charge in [-0.2, -0.15) is 9.78 Å². The Morgan fingerprint density at radius 1 is 0.882 bits per heavy atom. The molecule has 0 unspecified atom stereocenters. The van der Waals surface area contributed by atoms with Gasteiger partial charge in [0.2, 0.25) is 0 Å². The van der Waals surface area contributed by atoms with Crippen molar-refractivity contribution < 1.29 is 0 Å². The predicted molar refractivity (Wildman–Crippen MR) is 135 cm³/mol. The van der Waals surface area contributed by atoms with Crippen LogP contribution < -0.4 is 5.56 Å². The first kappa shape index (κ1) is 20.1. The number of hydrogen-bond acceptors (Lipinski definition) is 7. The molecule has 0 atom stereocenters. The maximum absolute atomic E-state index is 13.3. The molecule has 0 radical (unpaired) electrons. The average Bonchev–Trinajstić information content (AvgIpc) is 3.29. The highest BCUT2D eigenvalue weighted by molar-refractivity contribution is 7.25. The molecule has 2 aromatic carbocycles. The van der Waals surface area contributed by atoms with Crippen LogP contribution in [0.3, 0.4) is 0 Å². The van der Waals surface area contributed by atoms with E-state index in [-0.39, 0.29) is 5.56 Å². The third-order valence-corrected chi connectivity index (χ3v) is 6.47. The maximum atomic E-state index is 13.3. The van der Waals surface area contributed by atoms with Crippen LogP contribution in [0.1, 0.15) is 5.56 Å². The fourth-order valence-electron chi connectivity index (χ4n) is 3.85. The molecule has 0 N–H and O–H groups in total. The fourth-order valence-corrected chi connectivity index (χ4v) is 4.86. The molecule has 0 amide bonds. The van der Waals surface area contributed by atoms with Gasteiger partial charge in [0.1, 0.15) is 21.6 Å². The highest BCUT2D eigenvalue weighted by Crippen LogP contribution is 2.40. The quantitative estimate of drug-likeness (QED) is 0.345. The van der Waals surface area contributed by atoms with E-state index in [2.05, 4.69) is 25.3 Å². The summed E-state index contributed by atoms with van der Waals surface area (Å²) in [5.74, 6) is 0. The van der Waals surface area contributed by atoms with Gasteiger partial charge in [0, 0.05) is 34.5 Å². The van der Waals surface area contributed by atoms with E-state index in [0.29, 0.717) is 15.0 Å². The first-order chi connectivity index (χ1) is 16.8. The molecule has 4 heterocycles. The van der Waals surface area contributed by atoms with Gasteiger partial charge in [-0.15, -0.1) is 21.5 Å². The molecule has 162 valence electrons. The van der Waals surface area contributed by atoms with Crippen molar-refractivity contribution in [3.8, 4) is 22.4 Å². The number of fused-ring (bicyclic) bond motifs is 3. The lowest BCUT2D eigenvalue weighted by molar-refractivity contribution is 0.819. The molecule has 0 aliphatic carbocycles. The monoisotopic (exact) mass is 460 g/mol. The molecular weight excluding hydrogens is 444 g/mol. The van der Waals surface area contributed by atoms with Crippen molar-refractivity contribution in [1.29, 1.82) is 0 Å². The van der Waals surface area contributed by atoms with Crippen molar-refractivity contribution in [2.24, 2.45) is 5.10 Å². The molecule has 8 heteroatoms. The Morgan fingerprint density at radius 3 is 2.38 bits per heavy atom. The lowest BCUT2D eigenvalue weighted by atomic mass is 9.97. The number of benzene rings is 2. The molecule has 34 heavy (non-hydrogen) atoms. The van der Waals surface area contributed by atoms with Gasteiger partial charge in [0.25, 0.3) is 5.56 Å². The van der Waals surface area contributed by atoms with E-state index in [0.717, 1.165) is 33.3 Å².